The molecule has 0 atom stereocenters. The first-order valence-corrected chi connectivity index (χ1v) is 10.1. The van der Waals surface area contributed by atoms with Gasteiger partial charge in [-0.3, -0.25) is 4.79 Å². The Morgan fingerprint density at radius 1 is 0.903 bits per heavy atom. The molecule has 0 saturated carbocycles. The average Bonchev–Trinajstić information content (AvgIpc) is 2.79. The van der Waals surface area contributed by atoms with E-state index in [4.69, 9.17) is 9.47 Å². The molecule has 0 radical (unpaired) electrons. The van der Waals surface area contributed by atoms with Crippen LogP contribution in [-0.4, -0.2) is 24.7 Å². The smallest absolute Gasteiger partial charge is 0.336 e. The SMILES string of the molecule is O=C(COc1ccccc1Br)N/N=C\c1ccc(OC(=O)/C=C/c2ccccc2)cc1. The third-order valence-electron chi connectivity index (χ3n) is 3.91. The zero-order valence-corrected chi connectivity index (χ0v) is 18.0. The number of nitrogens with one attached hydrogen (secondary N) is 1. The Hall–Kier alpha value is -3.71. The number of hydrogen-bond acceptors (Lipinski definition) is 5. The minimum Gasteiger partial charge on any atom is -0.483 e. The fraction of sp³-hybridized carbons (Fsp3) is 0.0417. The van der Waals surface area contributed by atoms with Crippen LogP contribution in [0.1, 0.15) is 11.1 Å². The van der Waals surface area contributed by atoms with Crippen molar-refractivity contribution in [2.24, 2.45) is 5.10 Å². The molecule has 0 spiro atoms. The molecule has 7 heteroatoms. The fourth-order valence-corrected chi connectivity index (χ4v) is 2.82. The molecule has 3 rings (SSSR count). The lowest BCUT2D eigenvalue weighted by molar-refractivity contribution is -0.129. The van der Waals surface area contributed by atoms with Crippen molar-refractivity contribution in [1.29, 1.82) is 0 Å². The number of benzene rings is 3. The van der Waals surface area contributed by atoms with E-state index in [1.54, 1.807) is 36.4 Å². The van der Waals surface area contributed by atoms with E-state index in [2.05, 4.69) is 26.5 Å². The normalized spacial score (nSPS) is 10.9. The first-order chi connectivity index (χ1) is 15.1. The lowest BCUT2D eigenvalue weighted by Crippen LogP contribution is -2.24. The zero-order valence-electron chi connectivity index (χ0n) is 16.4. The van der Waals surface area contributed by atoms with Gasteiger partial charge in [0, 0.05) is 6.08 Å². The van der Waals surface area contributed by atoms with E-state index in [0.717, 1.165) is 15.6 Å². The van der Waals surface area contributed by atoms with Gasteiger partial charge in [-0.15, -0.1) is 0 Å². The van der Waals surface area contributed by atoms with Crippen LogP contribution in [0.2, 0.25) is 0 Å². The van der Waals surface area contributed by atoms with Gasteiger partial charge >= 0.3 is 5.97 Å². The molecule has 0 aliphatic heterocycles. The molecule has 1 N–H and O–H groups in total. The molecule has 0 bridgehead atoms. The molecule has 0 aliphatic carbocycles. The number of esters is 1. The van der Waals surface area contributed by atoms with Crippen LogP contribution >= 0.6 is 15.9 Å². The summed E-state index contributed by atoms with van der Waals surface area (Å²) >= 11 is 3.35. The number of nitrogens with zero attached hydrogens (tertiary/aromatic N) is 1. The van der Waals surface area contributed by atoms with E-state index in [1.807, 2.05) is 48.5 Å². The van der Waals surface area contributed by atoms with Crippen LogP contribution in [0.4, 0.5) is 0 Å². The summed E-state index contributed by atoms with van der Waals surface area (Å²) in [6, 6.07) is 23.5. The highest BCUT2D eigenvalue weighted by Gasteiger charge is 2.04. The van der Waals surface area contributed by atoms with E-state index >= 15 is 0 Å². The van der Waals surface area contributed by atoms with E-state index in [-0.39, 0.29) is 12.5 Å². The Labute approximate surface area is 188 Å². The number of ether oxygens (including phenoxy) is 2. The Morgan fingerprint density at radius 2 is 1.61 bits per heavy atom. The van der Waals surface area contributed by atoms with Gasteiger partial charge in [-0.05, 0) is 69.5 Å². The predicted octanol–water partition coefficient (Wildman–Crippen LogP) is 4.60. The summed E-state index contributed by atoms with van der Waals surface area (Å²) in [6.07, 6.45) is 4.54. The van der Waals surface area contributed by atoms with Crippen LogP contribution in [0.25, 0.3) is 6.08 Å². The molecule has 0 aliphatic rings. The van der Waals surface area contributed by atoms with Crippen LogP contribution in [0.3, 0.4) is 0 Å². The van der Waals surface area contributed by atoms with Crippen molar-refractivity contribution in [3.8, 4) is 11.5 Å². The third kappa shape index (κ3) is 7.56. The summed E-state index contributed by atoms with van der Waals surface area (Å²) in [5, 5.41) is 3.89. The van der Waals surface area contributed by atoms with Crippen LogP contribution in [0.15, 0.2) is 94.5 Å². The van der Waals surface area contributed by atoms with Crippen molar-refractivity contribution < 1.29 is 19.1 Å². The molecule has 156 valence electrons. The maximum atomic E-state index is 11.9. The van der Waals surface area contributed by atoms with E-state index in [9.17, 15) is 9.59 Å². The number of carbonyl (C=O) groups is 2. The van der Waals surface area contributed by atoms with Gasteiger partial charge < -0.3 is 9.47 Å². The van der Waals surface area contributed by atoms with Crippen LogP contribution in [-0.2, 0) is 9.59 Å². The molecule has 1 amide bonds. The topological polar surface area (TPSA) is 77.0 Å². The molecule has 0 aromatic heterocycles. The van der Waals surface area contributed by atoms with E-state index in [0.29, 0.717) is 11.5 Å². The molecule has 6 nitrogen and oxygen atoms in total. The zero-order chi connectivity index (χ0) is 21.9. The maximum absolute atomic E-state index is 11.9. The minimum atomic E-state index is -0.470. The van der Waals surface area contributed by atoms with Gasteiger partial charge in [-0.25, -0.2) is 10.2 Å². The quantitative estimate of drug-likeness (QED) is 0.169. The predicted molar refractivity (Wildman–Crippen MR) is 123 cm³/mol. The largest absolute Gasteiger partial charge is 0.483 e. The molecular formula is C24H19BrN2O4. The standard InChI is InChI=1S/C24H19BrN2O4/c25-21-8-4-5-9-22(21)30-17-23(28)27-26-16-19-10-13-20(14-11-19)31-24(29)15-12-18-6-2-1-3-7-18/h1-16H,17H2,(H,27,28)/b15-12+,26-16-. The second-order valence-corrected chi connectivity index (χ2v) is 7.10. The number of para-hydroxylation sites is 1. The fourth-order valence-electron chi connectivity index (χ4n) is 2.42. The van der Waals surface area contributed by atoms with Crippen molar-refractivity contribution in [2.45, 2.75) is 0 Å². The number of rotatable bonds is 8. The van der Waals surface area contributed by atoms with Crippen molar-refractivity contribution in [1.82, 2.24) is 5.43 Å². The third-order valence-corrected chi connectivity index (χ3v) is 4.56. The highest BCUT2D eigenvalue weighted by Crippen LogP contribution is 2.23. The Kier molecular flexibility index (Phi) is 8.13. The molecule has 0 heterocycles. The van der Waals surface area contributed by atoms with Crippen LogP contribution in [0.5, 0.6) is 11.5 Å². The van der Waals surface area contributed by atoms with Gasteiger partial charge in [0.2, 0.25) is 0 Å². The van der Waals surface area contributed by atoms with Crippen LogP contribution in [0, 0.1) is 0 Å². The summed E-state index contributed by atoms with van der Waals surface area (Å²) in [6.45, 7) is -0.161. The number of hydrazone groups is 1. The van der Waals surface area contributed by atoms with Gasteiger partial charge in [0.1, 0.15) is 11.5 Å². The second-order valence-electron chi connectivity index (χ2n) is 6.25. The first kappa shape index (κ1) is 22.0. The average molecular weight is 479 g/mol. The lowest BCUT2D eigenvalue weighted by Gasteiger charge is -2.06. The number of carbonyl (C=O) groups excluding carboxylic acids is 2. The van der Waals surface area contributed by atoms with Crippen molar-refractivity contribution in [2.75, 3.05) is 6.61 Å². The van der Waals surface area contributed by atoms with Gasteiger partial charge in [0.15, 0.2) is 6.61 Å². The Bertz CT molecular complexity index is 1080. The van der Waals surface area contributed by atoms with Gasteiger partial charge in [0.05, 0.1) is 10.7 Å². The van der Waals surface area contributed by atoms with Crippen molar-refractivity contribution in [3.63, 3.8) is 0 Å². The van der Waals surface area contributed by atoms with Gasteiger partial charge in [-0.1, -0.05) is 42.5 Å². The molecule has 31 heavy (non-hydrogen) atoms. The highest BCUT2D eigenvalue weighted by molar-refractivity contribution is 9.10. The molecule has 3 aromatic rings. The first-order valence-electron chi connectivity index (χ1n) is 9.34. The van der Waals surface area contributed by atoms with E-state index in [1.165, 1.54) is 12.3 Å². The highest BCUT2D eigenvalue weighted by atomic mass is 79.9. The summed E-state index contributed by atoms with van der Waals surface area (Å²) in [5.74, 6) is 0.126. The van der Waals surface area contributed by atoms with E-state index < -0.39 is 5.97 Å². The summed E-state index contributed by atoms with van der Waals surface area (Å²) < 4.78 is 11.4. The van der Waals surface area contributed by atoms with Crippen molar-refractivity contribution in [3.05, 3.63) is 101 Å². The molecule has 0 fully saturated rings. The maximum Gasteiger partial charge on any atom is 0.336 e. The molecule has 0 saturated heterocycles. The molecule has 3 aromatic carbocycles. The Morgan fingerprint density at radius 3 is 2.35 bits per heavy atom. The number of amides is 1. The summed E-state index contributed by atoms with van der Waals surface area (Å²) in [5.41, 5.74) is 4.04. The monoisotopic (exact) mass is 478 g/mol. The van der Waals surface area contributed by atoms with Crippen LogP contribution < -0.4 is 14.9 Å². The van der Waals surface area contributed by atoms with Crippen molar-refractivity contribution >= 4 is 40.1 Å². The van der Waals surface area contributed by atoms with Gasteiger partial charge in [-0.2, -0.15) is 5.10 Å². The minimum absolute atomic E-state index is 0.161. The van der Waals surface area contributed by atoms with Gasteiger partial charge in [0.25, 0.3) is 5.91 Å². The molecule has 0 unspecified atom stereocenters. The second kappa shape index (κ2) is 11.5. The number of halogens is 1. The Balaban J connectivity index is 1.43. The lowest BCUT2D eigenvalue weighted by atomic mass is 10.2. The molecular weight excluding hydrogens is 460 g/mol. The summed E-state index contributed by atoms with van der Waals surface area (Å²) in [4.78, 5) is 23.7. The number of hydrogen-bond donors (Lipinski definition) is 1. The summed E-state index contributed by atoms with van der Waals surface area (Å²) in [7, 11) is 0.